The summed E-state index contributed by atoms with van der Waals surface area (Å²) in [6.07, 6.45) is 3.38. The molecule has 8 heteroatoms. The average Bonchev–Trinajstić information content (AvgIpc) is 2.67. The lowest BCUT2D eigenvalue weighted by molar-refractivity contribution is -0.384. The van der Waals surface area contributed by atoms with Gasteiger partial charge < -0.3 is 10.6 Å². The Morgan fingerprint density at radius 3 is 2.63 bits per heavy atom. The summed E-state index contributed by atoms with van der Waals surface area (Å²) in [6.45, 7) is 1.97. The van der Waals surface area contributed by atoms with Gasteiger partial charge in [0.2, 0.25) is 5.82 Å². The van der Waals surface area contributed by atoms with Gasteiger partial charge >= 0.3 is 5.69 Å². The third kappa shape index (κ3) is 4.63. The highest BCUT2D eigenvalue weighted by Crippen LogP contribution is 2.27. The molecule has 1 aromatic carbocycles. The molecule has 0 saturated carbocycles. The molecule has 0 saturated heterocycles. The van der Waals surface area contributed by atoms with Crippen molar-refractivity contribution in [2.75, 3.05) is 10.6 Å². The molecule has 3 aromatic rings. The van der Waals surface area contributed by atoms with Crippen molar-refractivity contribution in [1.29, 1.82) is 0 Å². The van der Waals surface area contributed by atoms with E-state index in [2.05, 4.69) is 20.6 Å². The lowest BCUT2D eigenvalue weighted by Gasteiger charge is -2.10. The first kappa shape index (κ1) is 18.0. The van der Waals surface area contributed by atoms with Gasteiger partial charge in [-0.15, -0.1) is 0 Å². The second-order valence-electron chi connectivity index (χ2n) is 5.79. The van der Waals surface area contributed by atoms with Crippen molar-refractivity contribution in [3.63, 3.8) is 0 Å². The Morgan fingerprint density at radius 1 is 1.15 bits per heavy atom. The Bertz CT molecular complexity index is 976. The van der Waals surface area contributed by atoms with Gasteiger partial charge in [-0.3, -0.25) is 19.9 Å². The van der Waals surface area contributed by atoms with Crippen LogP contribution < -0.4 is 10.6 Å². The van der Waals surface area contributed by atoms with E-state index in [1.54, 1.807) is 42.7 Å². The quantitative estimate of drug-likeness (QED) is 0.371. The van der Waals surface area contributed by atoms with Crippen LogP contribution in [0.4, 0.5) is 23.0 Å². The maximum Gasteiger partial charge on any atom is 0.311 e. The number of aromatic nitrogens is 2. The highest BCUT2D eigenvalue weighted by molar-refractivity contribution is 5.95. The number of hydrogen-bond acceptors (Lipinski definition) is 7. The van der Waals surface area contributed by atoms with Gasteiger partial charge in [0.25, 0.3) is 0 Å². The van der Waals surface area contributed by atoms with Gasteiger partial charge in [0.15, 0.2) is 5.78 Å². The maximum absolute atomic E-state index is 11.5. The molecule has 0 aliphatic heterocycles. The van der Waals surface area contributed by atoms with Crippen molar-refractivity contribution in [3.8, 4) is 0 Å². The van der Waals surface area contributed by atoms with Gasteiger partial charge in [0, 0.05) is 36.3 Å². The third-order valence-electron chi connectivity index (χ3n) is 3.83. The van der Waals surface area contributed by atoms with Crippen LogP contribution in [0, 0.1) is 10.1 Å². The zero-order valence-corrected chi connectivity index (χ0v) is 14.5. The van der Waals surface area contributed by atoms with Crippen molar-refractivity contribution in [1.82, 2.24) is 9.97 Å². The van der Waals surface area contributed by atoms with Crippen LogP contribution in [-0.4, -0.2) is 20.7 Å². The molecule has 3 rings (SSSR count). The molecule has 2 heterocycles. The molecule has 2 N–H and O–H groups in total. The fraction of sp³-hybridized carbons (Fsp3) is 0.105. The Labute approximate surface area is 155 Å². The monoisotopic (exact) mass is 363 g/mol. The Morgan fingerprint density at radius 2 is 1.93 bits per heavy atom. The van der Waals surface area contributed by atoms with E-state index in [1.165, 1.54) is 13.0 Å². The molecule has 0 amide bonds. The van der Waals surface area contributed by atoms with Crippen LogP contribution in [0.15, 0.2) is 60.9 Å². The van der Waals surface area contributed by atoms with Gasteiger partial charge in [-0.2, -0.15) is 0 Å². The van der Waals surface area contributed by atoms with E-state index in [0.29, 0.717) is 23.6 Å². The van der Waals surface area contributed by atoms with Gasteiger partial charge in [-0.25, -0.2) is 4.98 Å². The summed E-state index contributed by atoms with van der Waals surface area (Å²) in [5, 5.41) is 17.4. The van der Waals surface area contributed by atoms with Gasteiger partial charge in [0.1, 0.15) is 5.82 Å². The van der Waals surface area contributed by atoms with Crippen LogP contribution in [-0.2, 0) is 6.54 Å². The molecule has 0 unspecified atom stereocenters. The SMILES string of the molecule is CC(=O)c1cccc(Nc2nc(NCc3ccncc3)ccc2[N+](=O)[O-])c1. The molecule has 0 radical (unpaired) electrons. The van der Waals surface area contributed by atoms with Crippen molar-refractivity contribution in [3.05, 3.63) is 82.2 Å². The molecular formula is C19H17N5O3. The summed E-state index contributed by atoms with van der Waals surface area (Å²) in [5.41, 5.74) is 1.91. The standard InChI is InChI=1S/C19H17N5O3/c1-13(25)15-3-2-4-16(11-15)22-19-17(24(26)27)5-6-18(23-19)21-12-14-7-9-20-10-8-14/h2-11H,12H2,1H3,(H2,21,22,23). The molecule has 0 aliphatic carbocycles. The lowest BCUT2D eigenvalue weighted by Crippen LogP contribution is -2.05. The topological polar surface area (TPSA) is 110 Å². The number of carbonyl (C=O) groups is 1. The first-order valence-corrected chi connectivity index (χ1v) is 8.19. The molecule has 2 aromatic heterocycles. The van der Waals surface area contributed by atoms with E-state index in [0.717, 1.165) is 5.56 Å². The Kier molecular flexibility index (Phi) is 5.36. The summed E-state index contributed by atoms with van der Waals surface area (Å²) < 4.78 is 0. The fourth-order valence-corrected chi connectivity index (χ4v) is 2.44. The van der Waals surface area contributed by atoms with Crippen LogP contribution in [0.25, 0.3) is 0 Å². The number of benzene rings is 1. The number of anilines is 3. The Balaban J connectivity index is 1.84. The van der Waals surface area contributed by atoms with Gasteiger partial charge in [-0.05, 0) is 42.8 Å². The van der Waals surface area contributed by atoms with Crippen molar-refractivity contribution in [2.24, 2.45) is 0 Å². The molecule has 0 atom stereocenters. The van der Waals surface area contributed by atoms with E-state index in [-0.39, 0.29) is 17.3 Å². The predicted octanol–water partition coefficient (Wildman–Crippen LogP) is 3.94. The number of pyridine rings is 2. The number of hydrogen-bond donors (Lipinski definition) is 2. The molecule has 0 bridgehead atoms. The van der Waals surface area contributed by atoms with Crippen LogP contribution >= 0.6 is 0 Å². The second kappa shape index (κ2) is 8.05. The zero-order chi connectivity index (χ0) is 19.2. The highest BCUT2D eigenvalue weighted by Gasteiger charge is 2.16. The fourth-order valence-electron chi connectivity index (χ4n) is 2.44. The Hall–Kier alpha value is -3.81. The van der Waals surface area contributed by atoms with E-state index >= 15 is 0 Å². The van der Waals surface area contributed by atoms with Crippen molar-refractivity contribution in [2.45, 2.75) is 13.5 Å². The van der Waals surface area contributed by atoms with E-state index in [1.807, 2.05) is 12.1 Å². The largest absolute Gasteiger partial charge is 0.366 e. The smallest absolute Gasteiger partial charge is 0.311 e. The average molecular weight is 363 g/mol. The zero-order valence-electron chi connectivity index (χ0n) is 14.5. The molecule has 8 nitrogen and oxygen atoms in total. The number of nitrogens with zero attached hydrogens (tertiary/aromatic N) is 3. The minimum absolute atomic E-state index is 0.0890. The van der Waals surface area contributed by atoms with Crippen molar-refractivity contribution >= 4 is 28.8 Å². The molecule has 0 spiro atoms. The minimum Gasteiger partial charge on any atom is -0.366 e. The number of Topliss-reactive ketones (excluding diaryl/α,β-unsaturated/α-hetero) is 1. The van der Waals surface area contributed by atoms with E-state index < -0.39 is 4.92 Å². The molecule has 0 fully saturated rings. The van der Waals surface area contributed by atoms with Gasteiger partial charge in [0.05, 0.1) is 4.92 Å². The molecular weight excluding hydrogens is 346 g/mol. The van der Waals surface area contributed by atoms with Crippen molar-refractivity contribution < 1.29 is 9.72 Å². The van der Waals surface area contributed by atoms with E-state index in [4.69, 9.17) is 0 Å². The molecule has 0 aliphatic rings. The van der Waals surface area contributed by atoms with E-state index in [9.17, 15) is 14.9 Å². The van der Waals surface area contributed by atoms with Crippen LogP contribution in [0.5, 0.6) is 0 Å². The summed E-state index contributed by atoms with van der Waals surface area (Å²) >= 11 is 0. The first-order valence-electron chi connectivity index (χ1n) is 8.19. The summed E-state index contributed by atoms with van der Waals surface area (Å²) in [5.74, 6) is 0.497. The third-order valence-corrected chi connectivity index (χ3v) is 3.83. The van der Waals surface area contributed by atoms with Gasteiger partial charge in [-0.1, -0.05) is 12.1 Å². The summed E-state index contributed by atoms with van der Waals surface area (Å²) in [7, 11) is 0. The lowest BCUT2D eigenvalue weighted by atomic mass is 10.1. The van der Waals surface area contributed by atoms with Crippen LogP contribution in [0.1, 0.15) is 22.8 Å². The minimum atomic E-state index is -0.503. The number of rotatable bonds is 7. The number of nitrogens with one attached hydrogen (secondary N) is 2. The summed E-state index contributed by atoms with van der Waals surface area (Å²) in [4.78, 5) is 30.6. The predicted molar refractivity (Wildman–Crippen MR) is 102 cm³/mol. The van der Waals surface area contributed by atoms with Crippen LogP contribution in [0.3, 0.4) is 0 Å². The molecule has 136 valence electrons. The maximum atomic E-state index is 11.5. The second-order valence-corrected chi connectivity index (χ2v) is 5.79. The normalized spacial score (nSPS) is 10.3. The highest BCUT2D eigenvalue weighted by atomic mass is 16.6. The first-order chi connectivity index (χ1) is 13.0. The number of carbonyl (C=O) groups excluding carboxylic acids is 1. The summed E-state index contributed by atoms with van der Waals surface area (Å²) in [6, 6.07) is 13.4. The number of nitro groups is 1. The number of ketones is 1. The molecule has 27 heavy (non-hydrogen) atoms. The van der Waals surface area contributed by atoms with Crippen LogP contribution in [0.2, 0.25) is 0 Å².